The Balaban J connectivity index is 1.52. The highest BCUT2D eigenvalue weighted by Crippen LogP contribution is 2.17. The fraction of sp³-hybridized carbons (Fsp3) is 0.421. The predicted octanol–water partition coefficient (Wildman–Crippen LogP) is 2.19. The molecule has 26 heavy (non-hydrogen) atoms. The molecular formula is C19H24N2O4S. The zero-order valence-electron chi connectivity index (χ0n) is 14.9. The minimum atomic E-state index is -3.38. The highest BCUT2D eigenvalue weighted by Gasteiger charge is 2.29. The van der Waals surface area contributed by atoms with E-state index in [4.69, 9.17) is 4.42 Å². The molecule has 2 aromatic rings. The monoisotopic (exact) mass is 376 g/mol. The third kappa shape index (κ3) is 4.53. The van der Waals surface area contributed by atoms with E-state index >= 15 is 0 Å². The van der Waals surface area contributed by atoms with Gasteiger partial charge in [-0.2, -0.15) is 4.31 Å². The molecule has 1 aliphatic rings. The molecule has 1 aromatic heterocycles. The van der Waals surface area contributed by atoms with Crippen molar-refractivity contribution in [2.45, 2.75) is 25.5 Å². The predicted molar refractivity (Wildman–Crippen MR) is 99.0 cm³/mol. The molecule has 0 bridgehead atoms. The summed E-state index contributed by atoms with van der Waals surface area (Å²) in [4.78, 5) is 14.0. The number of hydrogen-bond donors (Lipinski definition) is 0. The van der Waals surface area contributed by atoms with Crippen LogP contribution in [0.25, 0.3) is 0 Å². The third-order valence-corrected chi connectivity index (χ3v) is 6.58. The second kappa shape index (κ2) is 8.05. The van der Waals surface area contributed by atoms with Crippen molar-refractivity contribution in [3.05, 3.63) is 59.5 Å². The van der Waals surface area contributed by atoms with Crippen molar-refractivity contribution in [2.75, 3.05) is 26.2 Å². The van der Waals surface area contributed by atoms with Crippen LogP contribution in [-0.2, 0) is 27.0 Å². The van der Waals surface area contributed by atoms with Crippen LogP contribution in [0.4, 0.5) is 0 Å². The molecule has 1 fully saturated rings. The highest BCUT2D eigenvalue weighted by atomic mass is 32.2. The molecule has 0 aliphatic carbocycles. The minimum Gasteiger partial charge on any atom is -0.469 e. The van der Waals surface area contributed by atoms with Crippen molar-refractivity contribution in [1.29, 1.82) is 0 Å². The second-order valence-electron chi connectivity index (χ2n) is 6.54. The first kappa shape index (κ1) is 18.7. The molecule has 6 nitrogen and oxygen atoms in total. The van der Waals surface area contributed by atoms with Crippen LogP contribution in [0.1, 0.15) is 23.3 Å². The number of sulfonamides is 1. The van der Waals surface area contributed by atoms with Crippen LogP contribution in [0.5, 0.6) is 0 Å². The van der Waals surface area contributed by atoms with E-state index in [2.05, 4.69) is 0 Å². The fourth-order valence-electron chi connectivity index (χ4n) is 3.12. The zero-order chi connectivity index (χ0) is 18.6. The van der Waals surface area contributed by atoms with Gasteiger partial charge in [-0.15, -0.1) is 0 Å². The van der Waals surface area contributed by atoms with Gasteiger partial charge in [0.2, 0.25) is 15.9 Å². The van der Waals surface area contributed by atoms with Crippen molar-refractivity contribution in [3.63, 3.8) is 0 Å². The van der Waals surface area contributed by atoms with E-state index in [0.717, 1.165) is 16.9 Å². The topological polar surface area (TPSA) is 70.8 Å². The van der Waals surface area contributed by atoms with Gasteiger partial charge in [-0.1, -0.05) is 24.3 Å². The number of carbonyl (C=O) groups excluding carboxylic acids is 1. The van der Waals surface area contributed by atoms with Crippen LogP contribution < -0.4 is 0 Å². The van der Waals surface area contributed by atoms with E-state index < -0.39 is 10.0 Å². The number of furan rings is 1. The van der Waals surface area contributed by atoms with Gasteiger partial charge in [-0.3, -0.25) is 4.79 Å². The molecule has 0 spiro atoms. The molecule has 1 saturated heterocycles. The normalized spacial score (nSPS) is 16.0. The molecule has 3 rings (SSSR count). The van der Waals surface area contributed by atoms with Crippen molar-refractivity contribution in [1.82, 2.24) is 9.21 Å². The number of carbonyl (C=O) groups is 1. The zero-order valence-corrected chi connectivity index (χ0v) is 15.7. The Morgan fingerprint density at radius 1 is 1.08 bits per heavy atom. The molecule has 0 unspecified atom stereocenters. The molecule has 0 radical (unpaired) electrons. The van der Waals surface area contributed by atoms with Crippen molar-refractivity contribution >= 4 is 15.9 Å². The number of piperazine rings is 1. The van der Waals surface area contributed by atoms with Crippen LogP contribution in [0.2, 0.25) is 0 Å². The standard InChI is InChI=1S/C19H24N2O4S/c1-16-5-2-3-6-17(16)15-26(23,24)21-12-10-20(11-13-21)19(22)9-8-18-7-4-14-25-18/h2-7,14H,8-13,15H2,1H3. The molecular weight excluding hydrogens is 352 g/mol. The molecule has 1 amide bonds. The summed E-state index contributed by atoms with van der Waals surface area (Å²) in [7, 11) is -3.38. The lowest BCUT2D eigenvalue weighted by Crippen LogP contribution is -2.50. The van der Waals surface area contributed by atoms with E-state index in [0.29, 0.717) is 39.0 Å². The Hall–Kier alpha value is -2.12. The number of benzene rings is 1. The fourth-order valence-corrected chi connectivity index (χ4v) is 4.74. The van der Waals surface area contributed by atoms with Crippen molar-refractivity contribution < 1.29 is 17.6 Å². The molecule has 2 heterocycles. The quantitative estimate of drug-likeness (QED) is 0.775. The van der Waals surface area contributed by atoms with Gasteiger partial charge in [0.25, 0.3) is 0 Å². The van der Waals surface area contributed by atoms with E-state index in [-0.39, 0.29) is 11.7 Å². The van der Waals surface area contributed by atoms with Crippen LogP contribution in [-0.4, -0.2) is 49.7 Å². The molecule has 7 heteroatoms. The summed E-state index contributed by atoms with van der Waals surface area (Å²) in [6.45, 7) is 3.48. The largest absolute Gasteiger partial charge is 0.469 e. The summed E-state index contributed by atoms with van der Waals surface area (Å²) in [5, 5.41) is 0. The first-order valence-electron chi connectivity index (χ1n) is 8.78. The molecule has 0 N–H and O–H groups in total. The Morgan fingerprint density at radius 2 is 1.81 bits per heavy atom. The van der Waals surface area contributed by atoms with Gasteiger partial charge >= 0.3 is 0 Å². The Bertz CT molecular complexity index is 838. The van der Waals surface area contributed by atoms with Crippen LogP contribution >= 0.6 is 0 Å². The number of nitrogens with zero attached hydrogens (tertiary/aromatic N) is 2. The first-order valence-corrected chi connectivity index (χ1v) is 10.4. The summed E-state index contributed by atoms with van der Waals surface area (Å²) in [5.74, 6) is 0.835. The third-order valence-electron chi connectivity index (χ3n) is 4.75. The van der Waals surface area contributed by atoms with E-state index in [9.17, 15) is 13.2 Å². The van der Waals surface area contributed by atoms with Gasteiger partial charge in [0.1, 0.15) is 5.76 Å². The van der Waals surface area contributed by atoms with Gasteiger partial charge in [-0.05, 0) is 30.2 Å². The summed E-state index contributed by atoms with van der Waals surface area (Å²) in [6, 6.07) is 11.2. The lowest BCUT2D eigenvalue weighted by Gasteiger charge is -2.34. The second-order valence-corrected chi connectivity index (χ2v) is 8.51. The van der Waals surface area contributed by atoms with E-state index in [1.54, 1.807) is 17.2 Å². The van der Waals surface area contributed by atoms with E-state index in [1.165, 1.54) is 4.31 Å². The lowest BCUT2D eigenvalue weighted by atomic mass is 10.1. The number of hydrogen-bond acceptors (Lipinski definition) is 4. The maximum absolute atomic E-state index is 12.7. The Morgan fingerprint density at radius 3 is 2.46 bits per heavy atom. The summed E-state index contributed by atoms with van der Waals surface area (Å²) in [5.41, 5.74) is 1.80. The van der Waals surface area contributed by atoms with Crippen LogP contribution in [0.15, 0.2) is 47.1 Å². The van der Waals surface area contributed by atoms with Crippen molar-refractivity contribution in [3.8, 4) is 0 Å². The average Bonchev–Trinajstić information content (AvgIpc) is 3.15. The smallest absolute Gasteiger partial charge is 0.223 e. The summed E-state index contributed by atoms with van der Waals surface area (Å²) < 4.78 is 32.1. The number of amides is 1. The Labute approximate surface area is 154 Å². The van der Waals surface area contributed by atoms with Crippen molar-refractivity contribution in [2.24, 2.45) is 0 Å². The molecule has 1 aliphatic heterocycles. The molecule has 0 atom stereocenters. The van der Waals surface area contributed by atoms with Crippen LogP contribution in [0.3, 0.4) is 0 Å². The molecule has 140 valence electrons. The maximum Gasteiger partial charge on any atom is 0.223 e. The van der Waals surface area contributed by atoms with Gasteiger partial charge in [0.15, 0.2) is 0 Å². The van der Waals surface area contributed by atoms with Gasteiger partial charge < -0.3 is 9.32 Å². The average molecular weight is 376 g/mol. The lowest BCUT2D eigenvalue weighted by molar-refractivity contribution is -0.132. The molecule has 0 saturated carbocycles. The van der Waals surface area contributed by atoms with Gasteiger partial charge in [-0.25, -0.2) is 8.42 Å². The number of rotatable bonds is 6. The summed E-state index contributed by atoms with van der Waals surface area (Å²) in [6.07, 6.45) is 2.54. The minimum absolute atomic E-state index is 0.00606. The van der Waals surface area contributed by atoms with Crippen LogP contribution in [0, 0.1) is 6.92 Å². The Kier molecular flexibility index (Phi) is 5.78. The SMILES string of the molecule is Cc1ccccc1CS(=O)(=O)N1CCN(C(=O)CCc2ccco2)CC1. The highest BCUT2D eigenvalue weighted by molar-refractivity contribution is 7.88. The van der Waals surface area contributed by atoms with Gasteiger partial charge in [0, 0.05) is 39.0 Å². The first-order chi connectivity index (χ1) is 12.5. The number of aryl methyl sites for hydroxylation is 2. The van der Waals surface area contributed by atoms with Gasteiger partial charge in [0.05, 0.1) is 12.0 Å². The van der Waals surface area contributed by atoms with E-state index in [1.807, 2.05) is 37.3 Å². The summed E-state index contributed by atoms with van der Waals surface area (Å²) >= 11 is 0. The molecule has 1 aromatic carbocycles. The maximum atomic E-state index is 12.7.